The number of benzene rings is 2. The van der Waals surface area contributed by atoms with Gasteiger partial charge in [0.05, 0.1) is 0 Å². The Kier molecular flexibility index (Phi) is 5.14. The molecular formula is C21H21N3O3. The fraction of sp³-hybridized carbons (Fsp3) is 0.286. The molecule has 0 aliphatic carbocycles. The quantitative estimate of drug-likeness (QED) is 0.688. The van der Waals surface area contributed by atoms with E-state index < -0.39 is 0 Å². The summed E-state index contributed by atoms with van der Waals surface area (Å²) in [6.45, 7) is 0.672. The molecule has 1 aromatic heterocycles. The maximum Gasteiger partial charge on any atom is 0.261 e. The van der Waals surface area contributed by atoms with Crippen molar-refractivity contribution in [3.05, 3.63) is 66.6 Å². The molecule has 1 aliphatic rings. The molecule has 1 fully saturated rings. The molecule has 1 atom stereocenters. The van der Waals surface area contributed by atoms with E-state index in [9.17, 15) is 4.79 Å². The van der Waals surface area contributed by atoms with Crippen LogP contribution < -0.4 is 4.74 Å². The normalized spacial score (nSPS) is 16.9. The number of piperidine rings is 1. The van der Waals surface area contributed by atoms with Gasteiger partial charge in [-0.15, -0.1) is 0 Å². The van der Waals surface area contributed by atoms with Crippen molar-refractivity contribution >= 4 is 5.91 Å². The van der Waals surface area contributed by atoms with Gasteiger partial charge in [-0.3, -0.25) is 4.79 Å². The minimum absolute atomic E-state index is 0.000191. The van der Waals surface area contributed by atoms with E-state index in [1.165, 1.54) is 0 Å². The first-order valence-electron chi connectivity index (χ1n) is 9.17. The maximum absolute atomic E-state index is 12.7. The van der Waals surface area contributed by atoms with E-state index in [-0.39, 0.29) is 18.6 Å². The molecule has 6 heteroatoms. The molecule has 3 aromatic rings. The Morgan fingerprint density at radius 2 is 1.81 bits per heavy atom. The molecule has 1 aliphatic heterocycles. The van der Waals surface area contributed by atoms with Crippen LogP contribution in [-0.4, -0.2) is 34.1 Å². The lowest BCUT2D eigenvalue weighted by atomic mass is 10.0. The number of para-hydroxylation sites is 1. The van der Waals surface area contributed by atoms with Gasteiger partial charge in [0.15, 0.2) is 6.61 Å². The Balaban J connectivity index is 1.47. The van der Waals surface area contributed by atoms with Crippen LogP contribution in [-0.2, 0) is 4.79 Å². The van der Waals surface area contributed by atoms with E-state index in [0.717, 1.165) is 24.8 Å². The highest BCUT2D eigenvalue weighted by atomic mass is 16.5. The Morgan fingerprint density at radius 1 is 1.07 bits per heavy atom. The summed E-state index contributed by atoms with van der Waals surface area (Å²) in [7, 11) is 0. The third kappa shape index (κ3) is 4.00. The van der Waals surface area contributed by atoms with Crippen LogP contribution in [0.2, 0.25) is 0 Å². The van der Waals surface area contributed by atoms with Gasteiger partial charge < -0.3 is 14.2 Å². The lowest BCUT2D eigenvalue weighted by molar-refractivity contribution is -0.138. The summed E-state index contributed by atoms with van der Waals surface area (Å²) in [4.78, 5) is 19.1. The van der Waals surface area contributed by atoms with Gasteiger partial charge in [-0.2, -0.15) is 4.98 Å². The van der Waals surface area contributed by atoms with Crippen molar-refractivity contribution < 1.29 is 14.1 Å². The summed E-state index contributed by atoms with van der Waals surface area (Å²) in [5.41, 5.74) is 0.897. The highest BCUT2D eigenvalue weighted by Crippen LogP contribution is 2.31. The lowest BCUT2D eigenvalue weighted by Crippen LogP contribution is -2.41. The molecular weight excluding hydrogens is 342 g/mol. The Morgan fingerprint density at radius 3 is 2.59 bits per heavy atom. The number of hydrogen-bond donors (Lipinski definition) is 0. The van der Waals surface area contributed by atoms with Crippen molar-refractivity contribution in [3.8, 4) is 17.1 Å². The molecule has 0 spiro atoms. The van der Waals surface area contributed by atoms with E-state index >= 15 is 0 Å². The molecule has 0 N–H and O–H groups in total. The summed E-state index contributed by atoms with van der Waals surface area (Å²) >= 11 is 0. The van der Waals surface area contributed by atoms with Gasteiger partial charge in [0, 0.05) is 12.1 Å². The number of carbonyl (C=O) groups excluding carboxylic acids is 1. The molecule has 0 saturated carbocycles. The Bertz CT molecular complexity index is 880. The molecule has 0 radical (unpaired) electrons. The van der Waals surface area contributed by atoms with Crippen LogP contribution in [0.3, 0.4) is 0 Å². The number of likely N-dealkylation sites (tertiary alicyclic amines) is 1. The minimum atomic E-state index is -0.199. The molecule has 138 valence electrons. The zero-order chi connectivity index (χ0) is 18.5. The van der Waals surface area contributed by atoms with Crippen LogP contribution in [0.25, 0.3) is 11.4 Å². The molecule has 1 saturated heterocycles. The first-order chi connectivity index (χ1) is 13.3. The van der Waals surface area contributed by atoms with E-state index in [2.05, 4.69) is 10.1 Å². The highest BCUT2D eigenvalue weighted by Gasteiger charge is 2.32. The van der Waals surface area contributed by atoms with Crippen LogP contribution in [0.5, 0.6) is 5.75 Å². The van der Waals surface area contributed by atoms with Crippen LogP contribution in [0.4, 0.5) is 0 Å². The second-order valence-electron chi connectivity index (χ2n) is 6.52. The Hall–Kier alpha value is -3.15. The van der Waals surface area contributed by atoms with E-state index in [1.54, 1.807) is 4.90 Å². The van der Waals surface area contributed by atoms with E-state index in [1.807, 2.05) is 60.7 Å². The number of rotatable bonds is 5. The first-order valence-corrected chi connectivity index (χ1v) is 9.17. The summed E-state index contributed by atoms with van der Waals surface area (Å²) < 4.78 is 11.1. The van der Waals surface area contributed by atoms with Crippen molar-refractivity contribution in [2.45, 2.75) is 25.3 Å². The SMILES string of the molecule is O=C(COc1ccccc1)N1CCCC[C@@H]1c1nc(-c2ccccc2)no1. The van der Waals surface area contributed by atoms with Crippen molar-refractivity contribution in [2.24, 2.45) is 0 Å². The molecule has 27 heavy (non-hydrogen) atoms. The smallest absolute Gasteiger partial charge is 0.261 e. The van der Waals surface area contributed by atoms with Gasteiger partial charge in [-0.25, -0.2) is 0 Å². The van der Waals surface area contributed by atoms with E-state index in [4.69, 9.17) is 9.26 Å². The maximum atomic E-state index is 12.7. The molecule has 0 unspecified atom stereocenters. The average molecular weight is 363 g/mol. The predicted octanol–water partition coefficient (Wildman–Crippen LogP) is 3.87. The number of nitrogens with zero attached hydrogens (tertiary/aromatic N) is 3. The van der Waals surface area contributed by atoms with Crippen LogP contribution in [0, 0.1) is 0 Å². The third-order valence-corrected chi connectivity index (χ3v) is 4.69. The number of hydrogen-bond acceptors (Lipinski definition) is 5. The van der Waals surface area contributed by atoms with Gasteiger partial charge in [-0.05, 0) is 31.4 Å². The minimum Gasteiger partial charge on any atom is -0.484 e. The monoisotopic (exact) mass is 363 g/mol. The first kappa shape index (κ1) is 17.3. The number of amides is 1. The van der Waals surface area contributed by atoms with Crippen molar-refractivity contribution in [1.82, 2.24) is 15.0 Å². The number of ether oxygens (including phenoxy) is 1. The predicted molar refractivity (Wildman–Crippen MR) is 100.0 cm³/mol. The van der Waals surface area contributed by atoms with Crippen molar-refractivity contribution in [1.29, 1.82) is 0 Å². The largest absolute Gasteiger partial charge is 0.484 e. The molecule has 2 aromatic carbocycles. The number of aromatic nitrogens is 2. The fourth-order valence-electron chi connectivity index (χ4n) is 3.31. The van der Waals surface area contributed by atoms with E-state index in [0.29, 0.717) is 24.0 Å². The second-order valence-corrected chi connectivity index (χ2v) is 6.52. The van der Waals surface area contributed by atoms with Crippen LogP contribution >= 0.6 is 0 Å². The lowest BCUT2D eigenvalue weighted by Gasteiger charge is -2.33. The van der Waals surface area contributed by atoms with Gasteiger partial charge >= 0.3 is 0 Å². The van der Waals surface area contributed by atoms with Gasteiger partial charge in [0.25, 0.3) is 5.91 Å². The fourth-order valence-corrected chi connectivity index (χ4v) is 3.31. The summed E-state index contributed by atoms with van der Waals surface area (Å²) in [5.74, 6) is 1.65. The topological polar surface area (TPSA) is 68.5 Å². The van der Waals surface area contributed by atoms with Gasteiger partial charge in [-0.1, -0.05) is 53.7 Å². The summed E-state index contributed by atoms with van der Waals surface area (Å²) in [6, 6.07) is 18.8. The summed E-state index contributed by atoms with van der Waals surface area (Å²) in [6.07, 6.45) is 2.80. The molecule has 4 rings (SSSR count). The Labute approximate surface area is 157 Å². The molecule has 1 amide bonds. The molecule has 2 heterocycles. The van der Waals surface area contributed by atoms with Gasteiger partial charge in [0.1, 0.15) is 11.8 Å². The van der Waals surface area contributed by atoms with Crippen LogP contribution in [0.1, 0.15) is 31.2 Å². The highest BCUT2D eigenvalue weighted by molar-refractivity contribution is 5.78. The number of carbonyl (C=O) groups is 1. The zero-order valence-corrected chi connectivity index (χ0v) is 15.0. The van der Waals surface area contributed by atoms with Crippen LogP contribution in [0.15, 0.2) is 65.2 Å². The summed E-state index contributed by atoms with van der Waals surface area (Å²) in [5, 5.41) is 4.09. The zero-order valence-electron chi connectivity index (χ0n) is 15.0. The van der Waals surface area contributed by atoms with Gasteiger partial charge in [0.2, 0.25) is 11.7 Å². The molecule has 6 nitrogen and oxygen atoms in total. The third-order valence-electron chi connectivity index (χ3n) is 4.69. The molecule has 0 bridgehead atoms. The van der Waals surface area contributed by atoms with Crippen molar-refractivity contribution in [2.75, 3.05) is 13.2 Å². The second kappa shape index (κ2) is 8.03. The van der Waals surface area contributed by atoms with Crippen molar-refractivity contribution in [3.63, 3.8) is 0 Å². The average Bonchev–Trinajstić information content (AvgIpc) is 3.23. The standard InChI is InChI=1S/C21H21N3O3/c25-19(15-26-17-11-5-2-6-12-17)24-14-8-7-13-18(24)21-22-20(23-27-21)16-9-3-1-4-10-16/h1-6,9-12,18H,7-8,13-15H2/t18-/m1/s1.